The zero-order valence-corrected chi connectivity index (χ0v) is 18.5. The molecule has 2 unspecified atom stereocenters. The van der Waals surface area contributed by atoms with E-state index in [1.54, 1.807) is 7.11 Å². The van der Waals surface area contributed by atoms with Crippen LogP contribution in [0.4, 0.5) is 0 Å². The lowest BCUT2D eigenvalue weighted by Gasteiger charge is -2.35. The van der Waals surface area contributed by atoms with E-state index < -0.39 is 0 Å². The predicted molar refractivity (Wildman–Crippen MR) is 116 cm³/mol. The van der Waals surface area contributed by atoms with Crippen molar-refractivity contribution >= 4 is 11.8 Å². The van der Waals surface area contributed by atoms with Gasteiger partial charge in [-0.2, -0.15) is 0 Å². The molecule has 0 bridgehead atoms. The molecule has 0 aromatic heterocycles. The maximum Gasteiger partial charge on any atom is 0.237 e. The van der Waals surface area contributed by atoms with Crippen LogP contribution in [0.25, 0.3) is 0 Å². The first-order valence-corrected chi connectivity index (χ1v) is 10.8. The number of rotatable bonds is 9. The third-order valence-electron chi connectivity index (χ3n) is 6.07. The Balaban J connectivity index is 1.71. The smallest absolute Gasteiger partial charge is 0.237 e. The molecule has 0 spiro atoms. The quantitative estimate of drug-likeness (QED) is 0.665. The van der Waals surface area contributed by atoms with E-state index in [1.165, 1.54) is 5.56 Å². The number of amides is 2. The second-order valence-corrected chi connectivity index (χ2v) is 8.42. The van der Waals surface area contributed by atoms with Crippen LogP contribution in [0.2, 0.25) is 0 Å². The summed E-state index contributed by atoms with van der Waals surface area (Å²) in [4.78, 5) is 27.1. The van der Waals surface area contributed by atoms with Crippen LogP contribution >= 0.6 is 0 Å². The van der Waals surface area contributed by atoms with Gasteiger partial charge in [-0.15, -0.1) is 0 Å². The Morgan fingerprint density at radius 1 is 1.10 bits per heavy atom. The van der Waals surface area contributed by atoms with Crippen molar-refractivity contribution in [1.82, 2.24) is 15.5 Å². The Bertz CT molecular complexity index is 652. The molecule has 162 valence electrons. The van der Waals surface area contributed by atoms with E-state index in [9.17, 15) is 9.59 Å². The SMILES string of the molecule is COc1ccc(CCNC(=O)C(C)N2CCC(C(=O)NC(C)C(C)C)CC2)cc1. The minimum Gasteiger partial charge on any atom is -0.497 e. The fourth-order valence-electron chi connectivity index (χ4n) is 3.49. The first-order valence-electron chi connectivity index (χ1n) is 10.8. The average molecular weight is 404 g/mol. The van der Waals surface area contributed by atoms with Gasteiger partial charge >= 0.3 is 0 Å². The number of carbonyl (C=O) groups excluding carboxylic acids is 2. The molecule has 1 aromatic carbocycles. The number of hydrogen-bond acceptors (Lipinski definition) is 4. The van der Waals surface area contributed by atoms with Crippen molar-refractivity contribution in [3.63, 3.8) is 0 Å². The number of likely N-dealkylation sites (tertiary alicyclic amines) is 1. The van der Waals surface area contributed by atoms with Crippen molar-refractivity contribution in [3.8, 4) is 5.75 Å². The highest BCUT2D eigenvalue weighted by Gasteiger charge is 2.30. The van der Waals surface area contributed by atoms with Crippen molar-refractivity contribution < 1.29 is 14.3 Å². The van der Waals surface area contributed by atoms with Gasteiger partial charge < -0.3 is 15.4 Å². The second kappa shape index (κ2) is 11.2. The van der Waals surface area contributed by atoms with Crippen LogP contribution in [0.5, 0.6) is 5.75 Å². The summed E-state index contributed by atoms with van der Waals surface area (Å²) in [5, 5.41) is 6.16. The Labute approximate surface area is 175 Å². The predicted octanol–water partition coefficient (Wildman–Crippen LogP) is 2.62. The zero-order chi connectivity index (χ0) is 21.4. The summed E-state index contributed by atoms with van der Waals surface area (Å²) in [5.41, 5.74) is 1.17. The van der Waals surface area contributed by atoms with E-state index in [2.05, 4.69) is 36.3 Å². The molecule has 1 saturated heterocycles. The summed E-state index contributed by atoms with van der Waals surface area (Å²) in [6, 6.07) is 7.92. The monoisotopic (exact) mass is 403 g/mol. The Hall–Kier alpha value is -2.08. The maximum absolute atomic E-state index is 12.5. The molecule has 1 heterocycles. The van der Waals surface area contributed by atoms with E-state index in [4.69, 9.17) is 4.74 Å². The van der Waals surface area contributed by atoms with E-state index in [0.717, 1.165) is 38.1 Å². The number of benzene rings is 1. The van der Waals surface area contributed by atoms with Gasteiger partial charge in [0.15, 0.2) is 0 Å². The van der Waals surface area contributed by atoms with Gasteiger partial charge in [-0.1, -0.05) is 26.0 Å². The number of carbonyl (C=O) groups is 2. The van der Waals surface area contributed by atoms with Crippen LogP contribution in [0, 0.1) is 11.8 Å². The summed E-state index contributed by atoms with van der Waals surface area (Å²) in [6.45, 7) is 10.4. The zero-order valence-electron chi connectivity index (χ0n) is 18.5. The van der Waals surface area contributed by atoms with Gasteiger partial charge in [0.05, 0.1) is 13.2 Å². The highest BCUT2D eigenvalue weighted by molar-refractivity contribution is 5.81. The van der Waals surface area contributed by atoms with Crippen molar-refractivity contribution in [2.45, 2.75) is 59.0 Å². The number of nitrogens with zero attached hydrogens (tertiary/aromatic N) is 1. The standard InChI is InChI=1S/C23H37N3O3/c1-16(2)17(3)25-23(28)20-11-14-26(15-12-20)18(4)22(27)24-13-10-19-6-8-21(29-5)9-7-19/h6-9,16-18,20H,10-15H2,1-5H3,(H,24,27)(H,25,28). The number of hydrogen-bond donors (Lipinski definition) is 2. The molecule has 2 atom stereocenters. The molecule has 6 heteroatoms. The lowest BCUT2D eigenvalue weighted by Crippen LogP contribution is -2.50. The van der Waals surface area contributed by atoms with E-state index in [1.807, 2.05) is 31.2 Å². The first kappa shape index (κ1) is 23.2. The summed E-state index contributed by atoms with van der Waals surface area (Å²) >= 11 is 0. The van der Waals surface area contributed by atoms with Crippen molar-refractivity contribution in [3.05, 3.63) is 29.8 Å². The van der Waals surface area contributed by atoms with Crippen molar-refractivity contribution in [1.29, 1.82) is 0 Å². The number of piperidine rings is 1. The van der Waals surface area contributed by atoms with Crippen LogP contribution in [0.3, 0.4) is 0 Å². The number of ether oxygens (including phenoxy) is 1. The van der Waals surface area contributed by atoms with Gasteiger partial charge in [0, 0.05) is 18.5 Å². The number of nitrogens with one attached hydrogen (secondary N) is 2. The largest absolute Gasteiger partial charge is 0.497 e. The summed E-state index contributed by atoms with van der Waals surface area (Å²) in [6.07, 6.45) is 2.40. The van der Waals surface area contributed by atoms with Gasteiger partial charge in [-0.05, 0) is 69.8 Å². The van der Waals surface area contributed by atoms with E-state index in [0.29, 0.717) is 12.5 Å². The molecule has 0 radical (unpaired) electrons. The van der Waals surface area contributed by atoms with Crippen molar-refractivity contribution in [2.24, 2.45) is 11.8 Å². The lowest BCUT2D eigenvalue weighted by atomic mass is 9.94. The van der Waals surface area contributed by atoms with Gasteiger partial charge in [-0.25, -0.2) is 0 Å². The average Bonchev–Trinajstić information content (AvgIpc) is 2.73. The van der Waals surface area contributed by atoms with Crippen molar-refractivity contribution in [2.75, 3.05) is 26.7 Å². The third-order valence-corrected chi connectivity index (χ3v) is 6.07. The molecule has 6 nitrogen and oxygen atoms in total. The summed E-state index contributed by atoms with van der Waals surface area (Å²) in [7, 11) is 1.65. The molecular weight excluding hydrogens is 366 g/mol. The molecule has 1 aromatic rings. The maximum atomic E-state index is 12.5. The van der Waals surface area contributed by atoms with Crippen LogP contribution in [0.15, 0.2) is 24.3 Å². The molecule has 0 saturated carbocycles. The molecule has 1 aliphatic heterocycles. The van der Waals surface area contributed by atoms with E-state index in [-0.39, 0.29) is 29.8 Å². The summed E-state index contributed by atoms with van der Waals surface area (Å²) < 4.78 is 5.16. The summed E-state index contributed by atoms with van der Waals surface area (Å²) in [5.74, 6) is 1.53. The highest BCUT2D eigenvalue weighted by atomic mass is 16.5. The minimum absolute atomic E-state index is 0.0508. The molecular formula is C23H37N3O3. The van der Waals surface area contributed by atoms with Gasteiger partial charge in [0.2, 0.25) is 11.8 Å². The first-order chi connectivity index (χ1) is 13.8. The fraction of sp³-hybridized carbons (Fsp3) is 0.652. The Kier molecular flexibility index (Phi) is 8.96. The molecule has 2 N–H and O–H groups in total. The second-order valence-electron chi connectivity index (χ2n) is 8.42. The molecule has 2 rings (SSSR count). The van der Waals surface area contributed by atoms with Crippen LogP contribution < -0.4 is 15.4 Å². The molecule has 1 fully saturated rings. The molecule has 0 aliphatic carbocycles. The van der Waals surface area contributed by atoms with E-state index >= 15 is 0 Å². The normalized spacial score (nSPS) is 17.6. The minimum atomic E-state index is -0.176. The fourth-order valence-corrected chi connectivity index (χ4v) is 3.49. The van der Waals surface area contributed by atoms with Gasteiger partial charge in [-0.3, -0.25) is 14.5 Å². The lowest BCUT2D eigenvalue weighted by molar-refractivity contribution is -0.129. The molecule has 2 amide bonds. The molecule has 29 heavy (non-hydrogen) atoms. The van der Waals surface area contributed by atoms with Crippen LogP contribution in [0.1, 0.15) is 46.1 Å². The number of methoxy groups -OCH3 is 1. The van der Waals surface area contributed by atoms with Gasteiger partial charge in [0.1, 0.15) is 5.75 Å². The third kappa shape index (κ3) is 7.03. The highest BCUT2D eigenvalue weighted by Crippen LogP contribution is 2.20. The topological polar surface area (TPSA) is 70.7 Å². The Morgan fingerprint density at radius 3 is 2.28 bits per heavy atom. The van der Waals surface area contributed by atoms with Gasteiger partial charge in [0.25, 0.3) is 0 Å². The van der Waals surface area contributed by atoms with Crippen LogP contribution in [-0.2, 0) is 16.0 Å². The van der Waals surface area contributed by atoms with Crippen LogP contribution in [-0.4, -0.2) is 55.5 Å². The Morgan fingerprint density at radius 2 is 1.72 bits per heavy atom. The molecule has 1 aliphatic rings.